The molecule has 1 unspecified atom stereocenters. The Bertz CT molecular complexity index is 1210. The molecule has 2 aromatic heterocycles. The molecule has 2 heterocycles. The standard InChI is InChI=1S/C24H28N8O/c1-15-12-18-21(23(32(4)30-18)16-8-6-5-7-9-16)22-17(15)13-27-24(29-22)28-19(25)10-11-26-14-20(33)31(2)3/h5-11,13,15,26H,12,14H2,1-4H3,(H2,25,27,28,29)/b11-10-. The summed E-state index contributed by atoms with van der Waals surface area (Å²) in [6, 6.07) is 10.2. The zero-order valence-electron chi connectivity index (χ0n) is 19.3. The third-order valence-corrected chi connectivity index (χ3v) is 5.62. The second-order valence-electron chi connectivity index (χ2n) is 8.30. The fraction of sp³-hybridized carbons (Fsp3) is 0.292. The topological polar surface area (TPSA) is 112 Å². The summed E-state index contributed by atoms with van der Waals surface area (Å²) in [7, 11) is 5.35. The van der Waals surface area contributed by atoms with Gasteiger partial charge in [0.2, 0.25) is 11.9 Å². The number of amides is 1. The Kier molecular flexibility index (Phi) is 6.21. The summed E-state index contributed by atoms with van der Waals surface area (Å²) in [4.78, 5) is 22.3. The van der Waals surface area contributed by atoms with Crippen molar-refractivity contribution in [2.45, 2.75) is 19.3 Å². The number of rotatable bonds is 6. The number of hydrogen-bond acceptors (Lipinski definition) is 6. The molecule has 1 atom stereocenters. The molecule has 0 radical (unpaired) electrons. The highest BCUT2D eigenvalue weighted by Gasteiger charge is 2.30. The van der Waals surface area contributed by atoms with Crippen molar-refractivity contribution in [3.8, 4) is 22.5 Å². The lowest BCUT2D eigenvalue weighted by Gasteiger charge is -2.22. The van der Waals surface area contributed by atoms with Crippen molar-refractivity contribution in [2.75, 3.05) is 26.0 Å². The summed E-state index contributed by atoms with van der Waals surface area (Å²) < 4.78 is 1.92. The molecule has 1 aromatic carbocycles. The quantitative estimate of drug-likeness (QED) is 0.398. The number of fused-ring (bicyclic) bond motifs is 3. The van der Waals surface area contributed by atoms with Crippen LogP contribution < -0.4 is 10.6 Å². The Morgan fingerprint density at radius 3 is 2.79 bits per heavy atom. The van der Waals surface area contributed by atoms with E-state index in [1.165, 1.54) is 11.0 Å². The number of likely N-dealkylation sites (N-methyl/N-ethyl adjacent to an activating group) is 1. The smallest absolute Gasteiger partial charge is 0.241 e. The van der Waals surface area contributed by atoms with Gasteiger partial charge < -0.3 is 15.5 Å². The van der Waals surface area contributed by atoms with E-state index >= 15 is 0 Å². The minimum Gasteiger partial charge on any atom is -0.382 e. The highest BCUT2D eigenvalue weighted by molar-refractivity contribution is 6.00. The van der Waals surface area contributed by atoms with E-state index in [4.69, 9.17) is 15.5 Å². The van der Waals surface area contributed by atoms with E-state index in [1.54, 1.807) is 20.3 Å². The van der Waals surface area contributed by atoms with Crippen LogP contribution in [0.2, 0.25) is 0 Å². The molecule has 0 saturated heterocycles. The lowest BCUT2D eigenvalue weighted by Crippen LogP contribution is -2.30. The maximum absolute atomic E-state index is 11.6. The van der Waals surface area contributed by atoms with Crippen molar-refractivity contribution in [1.29, 1.82) is 5.41 Å². The Hall–Kier alpha value is -4.01. The van der Waals surface area contributed by atoms with E-state index in [9.17, 15) is 4.79 Å². The van der Waals surface area contributed by atoms with Crippen LogP contribution in [-0.2, 0) is 18.3 Å². The number of hydrogen-bond donors (Lipinski definition) is 3. The van der Waals surface area contributed by atoms with Crippen LogP contribution in [-0.4, -0.2) is 57.0 Å². The Morgan fingerprint density at radius 2 is 2.06 bits per heavy atom. The number of aryl methyl sites for hydroxylation is 1. The number of benzene rings is 1. The third kappa shape index (κ3) is 4.62. The fourth-order valence-corrected chi connectivity index (χ4v) is 3.92. The molecule has 4 rings (SSSR count). The average Bonchev–Trinajstić information content (AvgIpc) is 3.12. The molecular formula is C24H28N8O. The van der Waals surface area contributed by atoms with Gasteiger partial charge in [-0.3, -0.25) is 14.9 Å². The average molecular weight is 445 g/mol. The summed E-state index contributed by atoms with van der Waals surface area (Å²) in [6.07, 6.45) is 5.75. The van der Waals surface area contributed by atoms with Gasteiger partial charge in [0.05, 0.1) is 23.6 Å². The van der Waals surface area contributed by atoms with E-state index in [0.717, 1.165) is 40.2 Å². The molecular weight excluding hydrogens is 416 g/mol. The van der Waals surface area contributed by atoms with Crippen molar-refractivity contribution in [2.24, 2.45) is 7.05 Å². The molecule has 0 saturated carbocycles. The normalized spacial score (nSPS) is 14.5. The highest BCUT2D eigenvalue weighted by Crippen LogP contribution is 2.43. The van der Waals surface area contributed by atoms with Gasteiger partial charge in [0.15, 0.2) is 0 Å². The van der Waals surface area contributed by atoms with Gasteiger partial charge in [-0.1, -0.05) is 37.3 Å². The highest BCUT2D eigenvalue weighted by atomic mass is 16.2. The first-order chi connectivity index (χ1) is 15.8. The van der Waals surface area contributed by atoms with Crippen molar-refractivity contribution in [1.82, 2.24) is 30.0 Å². The number of anilines is 1. The van der Waals surface area contributed by atoms with Gasteiger partial charge in [-0.05, 0) is 18.4 Å². The number of aromatic nitrogens is 4. The predicted octanol–water partition coefficient (Wildman–Crippen LogP) is 2.78. The molecule has 3 aromatic rings. The molecule has 0 fully saturated rings. The molecule has 33 heavy (non-hydrogen) atoms. The maximum Gasteiger partial charge on any atom is 0.241 e. The van der Waals surface area contributed by atoms with E-state index in [1.807, 2.05) is 36.1 Å². The SMILES string of the molecule is CC1Cc2nn(C)c(-c3ccccc3)c2-c2nc(NC(=N)/C=C\NCC(=O)N(C)C)ncc21. The summed E-state index contributed by atoms with van der Waals surface area (Å²) in [5.74, 6) is 0.652. The Labute approximate surface area is 193 Å². The van der Waals surface area contributed by atoms with Crippen LogP contribution in [0.1, 0.15) is 24.1 Å². The Morgan fingerprint density at radius 1 is 1.30 bits per heavy atom. The number of nitrogens with zero attached hydrogens (tertiary/aromatic N) is 5. The molecule has 1 aliphatic rings. The number of nitrogens with one attached hydrogen (secondary N) is 3. The van der Waals surface area contributed by atoms with Gasteiger partial charge in [0.1, 0.15) is 5.84 Å². The van der Waals surface area contributed by atoms with Crippen molar-refractivity contribution >= 4 is 17.7 Å². The summed E-state index contributed by atoms with van der Waals surface area (Å²) in [5.41, 5.74) is 6.06. The minimum absolute atomic E-state index is 0.0484. The van der Waals surface area contributed by atoms with Crippen LogP contribution in [0, 0.1) is 5.41 Å². The zero-order chi connectivity index (χ0) is 23.5. The van der Waals surface area contributed by atoms with Crippen LogP contribution in [0.15, 0.2) is 48.8 Å². The molecule has 0 bridgehead atoms. The second-order valence-corrected chi connectivity index (χ2v) is 8.30. The lowest BCUT2D eigenvalue weighted by atomic mass is 9.85. The summed E-state index contributed by atoms with van der Waals surface area (Å²) >= 11 is 0. The van der Waals surface area contributed by atoms with Crippen molar-refractivity contribution < 1.29 is 4.79 Å². The molecule has 3 N–H and O–H groups in total. The number of amidine groups is 1. The summed E-state index contributed by atoms with van der Waals surface area (Å²) in [6.45, 7) is 2.32. The van der Waals surface area contributed by atoms with E-state index in [-0.39, 0.29) is 24.2 Å². The molecule has 9 nitrogen and oxygen atoms in total. The second kappa shape index (κ2) is 9.23. The maximum atomic E-state index is 11.6. The van der Waals surface area contributed by atoms with Crippen LogP contribution in [0.3, 0.4) is 0 Å². The van der Waals surface area contributed by atoms with Crippen molar-refractivity contribution in [3.05, 3.63) is 60.1 Å². The largest absolute Gasteiger partial charge is 0.382 e. The molecule has 0 aliphatic heterocycles. The molecule has 1 amide bonds. The van der Waals surface area contributed by atoms with Crippen LogP contribution in [0.25, 0.3) is 22.5 Å². The first-order valence-corrected chi connectivity index (χ1v) is 10.8. The number of carbonyl (C=O) groups excluding carboxylic acids is 1. The summed E-state index contributed by atoms with van der Waals surface area (Å²) in [5, 5.41) is 18.8. The third-order valence-electron chi connectivity index (χ3n) is 5.62. The molecule has 170 valence electrons. The van der Waals surface area contributed by atoms with Gasteiger partial charge in [0.25, 0.3) is 0 Å². The van der Waals surface area contributed by atoms with Gasteiger partial charge in [-0.2, -0.15) is 5.10 Å². The predicted molar refractivity (Wildman–Crippen MR) is 129 cm³/mol. The van der Waals surface area contributed by atoms with Crippen molar-refractivity contribution in [3.63, 3.8) is 0 Å². The minimum atomic E-state index is -0.0484. The monoisotopic (exact) mass is 444 g/mol. The lowest BCUT2D eigenvalue weighted by molar-refractivity contribution is -0.127. The van der Waals surface area contributed by atoms with Crippen LogP contribution >= 0.6 is 0 Å². The van der Waals surface area contributed by atoms with Gasteiger partial charge in [-0.15, -0.1) is 0 Å². The first kappa shape index (κ1) is 22.2. The van der Waals surface area contributed by atoms with Gasteiger partial charge in [-0.25, -0.2) is 9.97 Å². The van der Waals surface area contributed by atoms with Gasteiger partial charge in [0, 0.05) is 50.2 Å². The molecule has 0 spiro atoms. The fourth-order valence-electron chi connectivity index (χ4n) is 3.92. The molecule has 1 aliphatic carbocycles. The first-order valence-electron chi connectivity index (χ1n) is 10.8. The Balaban J connectivity index is 1.60. The van der Waals surface area contributed by atoms with E-state index < -0.39 is 0 Å². The number of carbonyl (C=O) groups is 1. The molecule has 9 heteroatoms. The van der Waals surface area contributed by atoms with Gasteiger partial charge >= 0.3 is 0 Å². The van der Waals surface area contributed by atoms with E-state index in [2.05, 4.69) is 34.7 Å². The van der Waals surface area contributed by atoms with Crippen LogP contribution in [0.4, 0.5) is 5.95 Å². The zero-order valence-corrected chi connectivity index (χ0v) is 19.3. The van der Waals surface area contributed by atoms with E-state index in [0.29, 0.717) is 5.95 Å². The van der Waals surface area contributed by atoms with Crippen LogP contribution in [0.5, 0.6) is 0 Å².